The van der Waals surface area contributed by atoms with Gasteiger partial charge in [0.1, 0.15) is 9.92 Å². The molecule has 0 saturated heterocycles. The number of halogens is 5. The van der Waals surface area contributed by atoms with Crippen molar-refractivity contribution in [1.29, 1.82) is 0 Å². The Morgan fingerprint density at radius 2 is 1.30 bits per heavy atom. The molecule has 0 aromatic heterocycles. The van der Waals surface area contributed by atoms with E-state index in [4.69, 9.17) is 11.6 Å². The fraction of sp³-hybridized carbons (Fsp3) is 0.143. The van der Waals surface area contributed by atoms with Gasteiger partial charge in [-0.1, -0.05) is 11.6 Å². The average Bonchev–Trinajstić information content (AvgIpc) is 2.51. The molecule has 0 radical (unpaired) electrons. The molecular formula is C14H10ClF4NO2S. The van der Waals surface area contributed by atoms with Crippen LogP contribution in [-0.2, 0) is 9.84 Å². The van der Waals surface area contributed by atoms with Crippen molar-refractivity contribution in [3.8, 4) is 0 Å². The van der Waals surface area contributed by atoms with Crippen molar-refractivity contribution < 1.29 is 26.0 Å². The van der Waals surface area contributed by atoms with Crippen LogP contribution in [0.2, 0.25) is 5.02 Å². The summed E-state index contributed by atoms with van der Waals surface area (Å²) in [4.78, 5) is -0.560. The molecule has 0 saturated carbocycles. The first-order chi connectivity index (χ1) is 10.6. The molecule has 0 unspecified atom stereocenters. The van der Waals surface area contributed by atoms with Crippen molar-refractivity contribution in [2.45, 2.75) is 9.79 Å². The first kappa shape index (κ1) is 17.6. The summed E-state index contributed by atoms with van der Waals surface area (Å²) >= 11 is 5.08. The van der Waals surface area contributed by atoms with E-state index in [1.54, 1.807) is 19.0 Å². The predicted molar refractivity (Wildman–Crippen MR) is 77.5 cm³/mol. The number of hydrogen-bond acceptors (Lipinski definition) is 3. The van der Waals surface area contributed by atoms with E-state index in [1.165, 1.54) is 12.1 Å². The molecule has 0 amide bonds. The highest BCUT2D eigenvalue weighted by Gasteiger charge is 2.33. The summed E-state index contributed by atoms with van der Waals surface area (Å²) in [5.74, 6) is -8.06. The van der Waals surface area contributed by atoms with Crippen LogP contribution in [0.25, 0.3) is 0 Å². The largest absolute Gasteiger partial charge is 0.378 e. The zero-order valence-electron chi connectivity index (χ0n) is 11.9. The molecular weight excluding hydrogens is 358 g/mol. The molecule has 0 heterocycles. The molecule has 2 aromatic carbocycles. The zero-order chi connectivity index (χ0) is 17.5. The second-order valence-electron chi connectivity index (χ2n) is 4.79. The first-order valence-electron chi connectivity index (χ1n) is 6.13. The Morgan fingerprint density at radius 1 is 0.870 bits per heavy atom. The summed E-state index contributed by atoms with van der Waals surface area (Å²) < 4.78 is 79.2. The predicted octanol–water partition coefficient (Wildman–Crippen LogP) is 3.80. The van der Waals surface area contributed by atoms with Crippen LogP contribution in [0.3, 0.4) is 0 Å². The number of rotatable bonds is 3. The van der Waals surface area contributed by atoms with Crippen LogP contribution in [0.4, 0.5) is 23.2 Å². The van der Waals surface area contributed by atoms with Crippen LogP contribution in [0.1, 0.15) is 0 Å². The third-order valence-corrected chi connectivity index (χ3v) is 5.22. The van der Waals surface area contributed by atoms with Crippen LogP contribution in [0.15, 0.2) is 34.1 Å². The molecule has 0 bridgehead atoms. The van der Waals surface area contributed by atoms with Gasteiger partial charge in [-0.15, -0.1) is 0 Å². The highest BCUT2D eigenvalue weighted by molar-refractivity contribution is 7.91. The van der Waals surface area contributed by atoms with E-state index in [-0.39, 0.29) is 0 Å². The van der Waals surface area contributed by atoms with Crippen LogP contribution in [0.5, 0.6) is 0 Å². The van der Waals surface area contributed by atoms with Crippen molar-refractivity contribution in [3.05, 3.63) is 52.6 Å². The minimum absolute atomic E-state index is 0.512. The quantitative estimate of drug-likeness (QED) is 0.470. The lowest BCUT2D eigenvalue weighted by Crippen LogP contribution is -2.13. The van der Waals surface area contributed by atoms with Gasteiger partial charge < -0.3 is 4.90 Å². The van der Waals surface area contributed by atoms with E-state index >= 15 is 0 Å². The van der Waals surface area contributed by atoms with Gasteiger partial charge in [0, 0.05) is 19.8 Å². The average molecular weight is 368 g/mol. The SMILES string of the molecule is CN(C)c1ccc(S(=O)(=O)c2c(F)c(F)c(Cl)c(F)c2F)cc1. The second kappa shape index (κ2) is 6.01. The first-order valence-corrected chi connectivity index (χ1v) is 7.99. The molecule has 23 heavy (non-hydrogen) atoms. The van der Waals surface area contributed by atoms with Crippen LogP contribution >= 0.6 is 11.6 Å². The standard InChI is InChI=1S/C14H10ClF4NO2S/c1-20(2)7-3-5-8(6-4-7)23(21,22)14-12(18)10(16)9(15)11(17)13(14)19/h3-6H,1-2H3. The van der Waals surface area contributed by atoms with Crippen molar-refractivity contribution in [3.63, 3.8) is 0 Å². The highest BCUT2D eigenvalue weighted by atomic mass is 35.5. The normalized spacial score (nSPS) is 11.6. The molecule has 124 valence electrons. The lowest BCUT2D eigenvalue weighted by atomic mass is 10.3. The van der Waals surface area contributed by atoms with Gasteiger partial charge in [-0.3, -0.25) is 0 Å². The van der Waals surface area contributed by atoms with Crippen LogP contribution < -0.4 is 4.90 Å². The Labute approximate surface area is 135 Å². The topological polar surface area (TPSA) is 37.4 Å². The van der Waals surface area contributed by atoms with E-state index in [2.05, 4.69) is 0 Å². The zero-order valence-corrected chi connectivity index (χ0v) is 13.4. The van der Waals surface area contributed by atoms with Crippen LogP contribution in [-0.4, -0.2) is 22.5 Å². The van der Waals surface area contributed by atoms with Gasteiger partial charge in [0.05, 0.1) is 4.90 Å². The molecule has 0 spiro atoms. The van der Waals surface area contributed by atoms with Gasteiger partial charge >= 0.3 is 0 Å². The van der Waals surface area contributed by atoms with Gasteiger partial charge in [0.15, 0.2) is 23.3 Å². The lowest BCUT2D eigenvalue weighted by Gasteiger charge is -2.13. The Hall–Kier alpha value is -1.80. The van der Waals surface area contributed by atoms with Gasteiger partial charge in [0.25, 0.3) is 0 Å². The van der Waals surface area contributed by atoms with Crippen molar-refractivity contribution in [1.82, 2.24) is 0 Å². The van der Waals surface area contributed by atoms with E-state index in [9.17, 15) is 26.0 Å². The highest BCUT2D eigenvalue weighted by Crippen LogP contribution is 2.33. The van der Waals surface area contributed by atoms with E-state index in [1.807, 2.05) is 0 Å². The molecule has 2 rings (SSSR count). The summed E-state index contributed by atoms with van der Waals surface area (Å²) in [5.41, 5.74) is 0.623. The Morgan fingerprint density at radius 3 is 1.70 bits per heavy atom. The molecule has 2 aromatic rings. The number of sulfone groups is 1. The van der Waals surface area contributed by atoms with E-state index in [0.717, 1.165) is 12.1 Å². The monoisotopic (exact) mass is 367 g/mol. The summed E-state index contributed by atoms with van der Waals surface area (Å²) in [7, 11) is -1.41. The fourth-order valence-corrected chi connectivity index (χ4v) is 3.41. The minimum atomic E-state index is -4.81. The molecule has 0 N–H and O–H groups in total. The number of benzene rings is 2. The Bertz CT molecular complexity index is 838. The maximum Gasteiger partial charge on any atom is 0.212 e. The van der Waals surface area contributed by atoms with Crippen molar-refractivity contribution >= 4 is 27.1 Å². The summed E-state index contributed by atoms with van der Waals surface area (Å²) in [5, 5.41) is -1.44. The smallest absolute Gasteiger partial charge is 0.212 e. The van der Waals surface area contributed by atoms with Gasteiger partial charge in [0.2, 0.25) is 9.84 Å². The Kier molecular flexibility index (Phi) is 4.59. The molecule has 0 aliphatic heterocycles. The van der Waals surface area contributed by atoms with E-state index < -0.39 is 47.9 Å². The van der Waals surface area contributed by atoms with Crippen LogP contribution in [0, 0.1) is 23.3 Å². The van der Waals surface area contributed by atoms with Crippen molar-refractivity contribution in [2.75, 3.05) is 19.0 Å². The maximum atomic E-state index is 13.8. The van der Waals surface area contributed by atoms with E-state index in [0.29, 0.717) is 5.69 Å². The third kappa shape index (κ3) is 2.88. The second-order valence-corrected chi connectivity index (χ2v) is 7.06. The molecule has 0 fully saturated rings. The lowest BCUT2D eigenvalue weighted by molar-refractivity contribution is 0.420. The molecule has 3 nitrogen and oxygen atoms in total. The van der Waals surface area contributed by atoms with Gasteiger partial charge in [-0.05, 0) is 24.3 Å². The number of anilines is 1. The minimum Gasteiger partial charge on any atom is -0.378 e. The third-order valence-electron chi connectivity index (χ3n) is 3.10. The maximum absolute atomic E-state index is 13.8. The number of hydrogen-bond donors (Lipinski definition) is 0. The summed E-state index contributed by atoms with van der Waals surface area (Å²) in [6.07, 6.45) is 0. The Balaban J connectivity index is 2.70. The molecule has 0 atom stereocenters. The van der Waals surface area contributed by atoms with Crippen molar-refractivity contribution in [2.24, 2.45) is 0 Å². The molecule has 0 aliphatic rings. The summed E-state index contributed by atoms with van der Waals surface area (Å²) in [6.45, 7) is 0. The molecule has 9 heteroatoms. The van der Waals surface area contributed by atoms with Gasteiger partial charge in [-0.2, -0.15) is 0 Å². The molecule has 0 aliphatic carbocycles. The number of nitrogens with zero attached hydrogens (tertiary/aromatic N) is 1. The summed E-state index contributed by atoms with van der Waals surface area (Å²) in [6, 6.07) is 4.92. The fourth-order valence-electron chi connectivity index (χ4n) is 1.86. The van der Waals surface area contributed by atoms with Gasteiger partial charge in [-0.25, -0.2) is 26.0 Å².